The summed E-state index contributed by atoms with van der Waals surface area (Å²) in [5.41, 5.74) is 1.07. The summed E-state index contributed by atoms with van der Waals surface area (Å²) in [6.07, 6.45) is 0. The van der Waals surface area contributed by atoms with Crippen LogP contribution < -0.4 is 10.1 Å². The molecule has 0 aliphatic heterocycles. The first kappa shape index (κ1) is 15.5. The molecular weight excluding hydrogens is 318 g/mol. The van der Waals surface area contributed by atoms with E-state index in [4.69, 9.17) is 21.1 Å². The average molecular weight is 335 g/mol. The highest BCUT2D eigenvalue weighted by Crippen LogP contribution is 2.23. The summed E-state index contributed by atoms with van der Waals surface area (Å²) in [5, 5.41) is 3.76. The Labute approximate surface area is 121 Å². The molecule has 0 bridgehead atoms. The zero-order valence-electron chi connectivity index (χ0n) is 10.3. The minimum absolute atomic E-state index is 0.314. The molecule has 3 nitrogen and oxygen atoms in total. The quantitative estimate of drug-likeness (QED) is 0.740. The Kier molecular flexibility index (Phi) is 7.35. The molecule has 1 rings (SSSR count). The lowest BCUT2D eigenvalue weighted by atomic mass is 10.2. The van der Waals surface area contributed by atoms with Gasteiger partial charge in [-0.25, -0.2) is 0 Å². The van der Waals surface area contributed by atoms with Gasteiger partial charge in [0.25, 0.3) is 0 Å². The molecule has 0 spiro atoms. The van der Waals surface area contributed by atoms with Crippen LogP contribution in [0.1, 0.15) is 5.56 Å². The van der Waals surface area contributed by atoms with E-state index < -0.39 is 0 Å². The van der Waals surface area contributed by atoms with E-state index in [-0.39, 0.29) is 0 Å². The topological polar surface area (TPSA) is 30.5 Å². The Morgan fingerprint density at radius 2 is 2.28 bits per heavy atom. The number of halogens is 2. The van der Waals surface area contributed by atoms with E-state index in [0.29, 0.717) is 24.8 Å². The molecule has 0 amide bonds. The Hall–Kier alpha value is -0.550. The lowest BCUT2D eigenvalue weighted by Crippen LogP contribution is -2.19. The third kappa shape index (κ3) is 5.87. The molecule has 100 valence electrons. The molecular formula is C13H17BrClNO2. The third-order valence-electron chi connectivity index (χ3n) is 2.21. The van der Waals surface area contributed by atoms with Crippen LogP contribution >= 0.6 is 27.5 Å². The molecule has 0 fully saturated rings. The number of rotatable bonds is 8. The van der Waals surface area contributed by atoms with Crippen molar-refractivity contribution in [3.8, 4) is 5.75 Å². The number of methoxy groups -OCH3 is 1. The first-order valence-electron chi connectivity index (χ1n) is 5.57. The standard InChI is InChI=1S/C13H17BrClNO2/c1-10(15)9-18-13-4-3-12(14)7-11(13)8-16-5-6-17-2/h3-4,7,16H,1,5-6,8-9H2,2H3. The number of hydrogen-bond donors (Lipinski definition) is 1. The molecule has 0 heterocycles. The summed E-state index contributed by atoms with van der Waals surface area (Å²) >= 11 is 9.14. The van der Waals surface area contributed by atoms with Gasteiger partial charge in [-0.15, -0.1) is 0 Å². The van der Waals surface area contributed by atoms with Gasteiger partial charge in [-0.05, 0) is 18.2 Å². The molecule has 0 aliphatic rings. The van der Waals surface area contributed by atoms with Gasteiger partial charge in [0.15, 0.2) is 0 Å². The Morgan fingerprint density at radius 3 is 2.94 bits per heavy atom. The molecule has 0 aliphatic carbocycles. The van der Waals surface area contributed by atoms with Crippen molar-refractivity contribution in [2.24, 2.45) is 0 Å². The largest absolute Gasteiger partial charge is 0.488 e. The zero-order valence-corrected chi connectivity index (χ0v) is 12.7. The smallest absolute Gasteiger partial charge is 0.124 e. The molecule has 5 heteroatoms. The SMILES string of the molecule is C=C(Cl)COc1ccc(Br)cc1CNCCOC. The van der Waals surface area contributed by atoms with Crippen LogP contribution in [0.2, 0.25) is 0 Å². The normalized spacial score (nSPS) is 10.4. The predicted octanol–water partition coefficient (Wildman–Crippen LogP) is 3.32. The van der Waals surface area contributed by atoms with E-state index in [1.165, 1.54) is 0 Å². The summed E-state index contributed by atoms with van der Waals surface area (Å²) in [6, 6.07) is 5.87. The van der Waals surface area contributed by atoms with Crippen LogP contribution in [0.3, 0.4) is 0 Å². The van der Waals surface area contributed by atoms with Crippen LogP contribution in [0, 0.1) is 0 Å². The first-order chi connectivity index (χ1) is 8.63. The molecule has 1 aromatic carbocycles. The van der Waals surface area contributed by atoms with E-state index in [9.17, 15) is 0 Å². The van der Waals surface area contributed by atoms with E-state index in [0.717, 1.165) is 22.3 Å². The molecule has 0 saturated carbocycles. The maximum Gasteiger partial charge on any atom is 0.124 e. The van der Waals surface area contributed by atoms with Gasteiger partial charge in [-0.1, -0.05) is 34.1 Å². The van der Waals surface area contributed by atoms with Crippen molar-refractivity contribution >= 4 is 27.5 Å². The summed E-state index contributed by atoms with van der Waals surface area (Å²) in [5.74, 6) is 0.810. The summed E-state index contributed by atoms with van der Waals surface area (Å²) in [4.78, 5) is 0. The highest BCUT2D eigenvalue weighted by atomic mass is 79.9. The highest BCUT2D eigenvalue weighted by molar-refractivity contribution is 9.10. The van der Waals surface area contributed by atoms with Gasteiger partial charge in [0.1, 0.15) is 12.4 Å². The maximum absolute atomic E-state index is 5.70. The molecule has 1 aromatic rings. The predicted molar refractivity (Wildman–Crippen MR) is 78.2 cm³/mol. The van der Waals surface area contributed by atoms with Crippen LogP contribution in [0.15, 0.2) is 34.3 Å². The van der Waals surface area contributed by atoms with Crippen LogP contribution in [-0.4, -0.2) is 26.9 Å². The fraction of sp³-hybridized carbons (Fsp3) is 0.385. The van der Waals surface area contributed by atoms with Gasteiger partial charge < -0.3 is 14.8 Å². The van der Waals surface area contributed by atoms with Crippen molar-refractivity contribution < 1.29 is 9.47 Å². The fourth-order valence-electron chi connectivity index (χ4n) is 1.38. The molecule has 18 heavy (non-hydrogen) atoms. The van der Waals surface area contributed by atoms with Crippen molar-refractivity contribution in [3.05, 3.63) is 39.8 Å². The van der Waals surface area contributed by atoms with E-state index in [2.05, 4.69) is 27.8 Å². The van der Waals surface area contributed by atoms with Crippen molar-refractivity contribution in [2.45, 2.75) is 6.54 Å². The van der Waals surface area contributed by atoms with Gasteiger partial charge in [-0.2, -0.15) is 0 Å². The summed E-state index contributed by atoms with van der Waals surface area (Å²) < 4.78 is 11.6. The van der Waals surface area contributed by atoms with E-state index in [1.54, 1.807) is 7.11 Å². The monoisotopic (exact) mass is 333 g/mol. The molecule has 0 saturated heterocycles. The van der Waals surface area contributed by atoms with Crippen LogP contribution in [0.4, 0.5) is 0 Å². The second-order valence-corrected chi connectivity index (χ2v) is 5.18. The molecule has 1 N–H and O–H groups in total. The molecule has 0 unspecified atom stereocenters. The maximum atomic E-state index is 5.70. The minimum Gasteiger partial charge on any atom is -0.488 e. The number of hydrogen-bond acceptors (Lipinski definition) is 3. The second kappa shape index (κ2) is 8.53. The number of ether oxygens (including phenoxy) is 2. The first-order valence-corrected chi connectivity index (χ1v) is 6.74. The molecule has 0 aromatic heterocycles. The minimum atomic E-state index is 0.314. The van der Waals surface area contributed by atoms with E-state index >= 15 is 0 Å². The summed E-state index contributed by atoms with van der Waals surface area (Å²) in [7, 11) is 1.68. The van der Waals surface area contributed by atoms with Gasteiger partial charge >= 0.3 is 0 Å². The number of nitrogens with one attached hydrogen (secondary N) is 1. The van der Waals surface area contributed by atoms with Gasteiger partial charge in [-0.3, -0.25) is 0 Å². The Balaban J connectivity index is 2.61. The number of benzene rings is 1. The second-order valence-electron chi connectivity index (χ2n) is 3.73. The van der Waals surface area contributed by atoms with Gasteiger partial charge in [0.05, 0.1) is 6.61 Å². The lowest BCUT2D eigenvalue weighted by Gasteiger charge is -2.12. The van der Waals surface area contributed by atoms with Crippen LogP contribution in [-0.2, 0) is 11.3 Å². The van der Waals surface area contributed by atoms with Crippen molar-refractivity contribution in [1.82, 2.24) is 5.32 Å². The highest BCUT2D eigenvalue weighted by Gasteiger charge is 2.05. The van der Waals surface area contributed by atoms with Gasteiger partial charge in [0.2, 0.25) is 0 Å². The third-order valence-corrected chi connectivity index (χ3v) is 2.81. The molecule has 0 radical (unpaired) electrons. The Morgan fingerprint density at radius 1 is 1.50 bits per heavy atom. The van der Waals surface area contributed by atoms with Crippen molar-refractivity contribution in [1.29, 1.82) is 0 Å². The summed E-state index contributed by atoms with van der Waals surface area (Å²) in [6.45, 7) is 6.11. The molecule has 0 atom stereocenters. The van der Waals surface area contributed by atoms with Crippen molar-refractivity contribution in [3.63, 3.8) is 0 Å². The van der Waals surface area contributed by atoms with Crippen LogP contribution in [0.25, 0.3) is 0 Å². The fourth-order valence-corrected chi connectivity index (χ4v) is 1.84. The van der Waals surface area contributed by atoms with Crippen molar-refractivity contribution in [2.75, 3.05) is 26.9 Å². The van der Waals surface area contributed by atoms with Gasteiger partial charge in [0, 0.05) is 35.3 Å². The average Bonchev–Trinajstić information content (AvgIpc) is 2.33. The lowest BCUT2D eigenvalue weighted by molar-refractivity contribution is 0.199. The zero-order chi connectivity index (χ0) is 13.4. The van der Waals surface area contributed by atoms with Crippen LogP contribution in [0.5, 0.6) is 5.75 Å². The van der Waals surface area contributed by atoms with E-state index in [1.807, 2.05) is 18.2 Å². The Bertz CT molecular complexity index is 399.